The van der Waals surface area contributed by atoms with Crippen LogP contribution in [0.5, 0.6) is 0 Å². The number of fused-ring (bicyclic) bond motifs is 1. The van der Waals surface area contributed by atoms with Crippen molar-refractivity contribution >= 4 is 17.4 Å². The van der Waals surface area contributed by atoms with Crippen LogP contribution in [0.1, 0.15) is 18.1 Å². The Bertz CT molecular complexity index is 551. The fourth-order valence-electron chi connectivity index (χ4n) is 2.77. The van der Waals surface area contributed by atoms with Gasteiger partial charge < -0.3 is 4.90 Å². The summed E-state index contributed by atoms with van der Waals surface area (Å²) in [5.41, 5.74) is 4.18. The number of hydrogen-bond donors (Lipinski definition) is 0. The summed E-state index contributed by atoms with van der Waals surface area (Å²) in [6.45, 7) is 6.57. The molecule has 1 nitrogen and oxygen atoms in total. The van der Waals surface area contributed by atoms with Crippen molar-refractivity contribution in [2.24, 2.45) is 0 Å². The van der Waals surface area contributed by atoms with Crippen molar-refractivity contribution in [2.75, 3.05) is 18.0 Å². The van der Waals surface area contributed by atoms with E-state index in [1.807, 2.05) is 11.8 Å². The molecule has 2 aromatic carbocycles. The van der Waals surface area contributed by atoms with E-state index in [0.717, 1.165) is 13.1 Å². The predicted molar refractivity (Wildman–Crippen MR) is 88.9 cm³/mol. The minimum absolute atomic E-state index is 0.675. The molecule has 0 fully saturated rings. The van der Waals surface area contributed by atoms with E-state index < -0.39 is 0 Å². The van der Waals surface area contributed by atoms with Crippen LogP contribution in [0.4, 0.5) is 5.69 Å². The molecule has 2 aromatic rings. The number of aryl methyl sites for hydroxylation is 1. The molecule has 1 heterocycles. The fraction of sp³-hybridized carbons (Fsp3) is 0.333. The molecule has 0 saturated heterocycles. The highest BCUT2D eigenvalue weighted by molar-refractivity contribution is 8.00. The van der Waals surface area contributed by atoms with Gasteiger partial charge in [-0.2, -0.15) is 0 Å². The van der Waals surface area contributed by atoms with E-state index in [-0.39, 0.29) is 0 Å². The molecule has 0 bridgehead atoms. The van der Waals surface area contributed by atoms with Crippen molar-refractivity contribution in [1.82, 2.24) is 0 Å². The molecule has 0 aliphatic carbocycles. The first-order valence-corrected chi connectivity index (χ1v) is 8.20. The van der Waals surface area contributed by atoms with E-state index in [1.165, 1.54) is 28.1 Å². The van der Waals surface area contributed by atoms with Gasteiger partial charge in [0, 0.05) is 28.9 Å². The maximum atomic E-state index is 2.49. The molecule has 0 aromatic heterocycles. The smallest absolute Gasteiger partial charge is 0.0366 e. The summed E-state index contributed by atoms with van der Waals surface area (Å²) >= 11 is 2.04. The topological polar surface area (TPSA) is 3.24 Å². The summed E-state index contributed by atoms with van der Waals surface area (Å²) in [4.78, 5) is 3.96. The Morgan fingerprint density at radius 2 is 1.85 bits per heavy atom. The van der Waals surface area contributed by atoms with Crippen LogP contribution in [0.25, 0.3) is 0 Å². The van der Waals surface area contributed by atoms with Gasteiger partial charge in [0.15, 0.2) is 0 Å². The summed E-state index contributed by atoms with van der Waals surface area (Å²) in [5.74, 6) is 0. The molecule has 0 radical (unpaired) electrons. The third kappa shape index (κ3) is 2.85. The minimum Gasteiger partial charge on any atom is -0.371 e. The van der Waals surface area contributed by atoms with Crippen LogP contribution in [0.15, 0.2) is 53.4 Å². The molecule has 1 aliphatic rings. The molecular formula is C18H21NS. The standard InChI is InChI=1S/C18H21NS/c1-3-19(16-10-8-14(2)9-11-16)13-17-12-15-6-4-5-7-18(15)20-17/h4-11,17H,3,12-13H2,1-2H3. The Hall–Kier alpha value is -1.41. The maximum Gasteiger partial charge on any atom is 0.0366 e. The summed E-state index contributed by atoms with van der Waals surface area (Å²) in [6.07, 6.45) is 1.20. The molecule has 1 aliphatic heterocycles. The summed E-state index contributed by atoms with van der Waals surface area (Å²) in [7, 11) is 0. The van der Waals surface area contributed by atoms with Gasteiger partial charge in [0.05, 0.1) is 0 Å². The lowest BCUT2D eigenvalue weighted by Gasteiger charge is -2.26. The van der Waals surface area contributed by atoms with Gasteiger partial charge in [0.2, 0.25) is 0 Å². The Labute approximate surface area is 126 Å². The van der Waals surface area contributed by atoms with Gasteiger partial charge in [-0.25, -0.2) is 0 Å². The number of thioether (sulfide) groups is 1. The molecule has 0 amide bonds. The van der Waals surface area contributed by atoms with Crippen molar-refractivity contribution < 1.29 is 0 Å². The summed E-state index contributed by atoms with van der Waals surface area (Å²) in [5, 5.41) is 0.675. The lowest BCUT2D eigenvalue weighted by molar-refractivity contribution is 0.768. The van der Waals surface area contributed by atoms with E-state index in [0.29, 0.717) is 5.25 Å². The van der Waals surface area contributed by atoms with Crippen molar-refractivity contribution in [1.29, 1.82) is 0 Å². The van der Waals surface area contributed by atoms with Gasteiger partial charge in [-0.15, -0.1) is 11.8 Å². The van der Waals surface area contributed by atoms with Crippen LogP contribution in [0.3, 0.4) is 0 Å². The average Bonchev–Trinajstić information content (AvgIpc) is 2.88. The number of hydrogen-bond acceptors (Lipinski definition) is 2. The Kier molecular flexibility index (Phi) is 4.02. The van der Waals surface area contributed by atoms with Crippen molar-refractivity contribution in [2.45, 2.75) is 30.4 Å². The minimum atomic E-state index is 0.675. The van der Waals surface area contributed by atoms with Crippen molar-refractivity contribution in [3.63, 3.8) is 0 Å². The molecule has 104 valence electrons. The maximum absolute atomic E-state index is 2.49. The van der Waals surface area contributed by atoms with E-state index >= 15 is 0 Å². The SMILES string of the molecule is CCN(CC1Cc2ccccc2S1)c1ccc(C)cc1. The predicted octanol–water partition coefficient (Wildman–Crippen LogP) is 4.54. The molecule has 2 heteroatoms. The summed E-state index contributed by atoms with van der Waals surface area (Å²) in [6, 6.07) is 17.7. The molecule has 0 N–H and O–H groups in total. The largest absolute Gasteiger partial charge is 0.371 e. The third-order valence-corrected chi connectivity index (χ3v) is 5.22. The number of rotatable bonds is 4. The highest BCUT2D eigenvalue weighted by atomic mass is 32.2. The second kappa shape index (κ2) is 5.92. The van der Waals surface area contributed by atoms with Crippen LogP contribution in [-0.4, -0.2) is 18.3 Å². The Morgan fingerprint density at radius 1 is 1.10 bits per heavy atom. The number of nitrogens with zero attached hydrogens (tertiary/aromatic N) is 1. The number of benzene rings is 2. The van der Waals surface area contributed by atoms with Crippen LogP contribution in [-0.2, 0) is 6.42 Å². The Morgan fingerprint density at radius 3 is 2.55 bits per heavy atom. The Balaban J connectivity index is 1.69. The lowest BCUT2D eigenvalue weighted by atomic mass is 10.1. The van der Waals surface area contributed by atoms with Gasteiger partial charge in [-0.1, -0.05) is 35.9 Å². The molecule has 0 spiro atoms. The van der Waals surface area contributed by atoms with Crippen LogP contribution < -0.4 is 4.90 Å². The highest BCUT2D eigenvalue weighted by Gasteiger charge is 2.23. The van der Waals surface area contributed by atoms with Gasteiger partial charge in [0.1, 0.15) is 0 Å². The molecule has 0 saturated carbocycles. The van der Waals surface area contributed by atoms with Gasteiger partial charge in [-0.3, -0.25) is 0 Å². The second-order valence-electron chi connectivity index (χ2n) is 5.43. The molecule has 3 rings (SSSR count). The van der Waals surface area contributed by atoms with E-state index in [2.05, 4.69) is 67.3 Å². The highest BCUT2D eigenvalue weighted by Crippen LogP contribution is 2.37. The lowest BCUT2D eigenvalue weighted by Crippen LogP contribution is -2.30. The zero-order valence-corrected chi connectivity index (χ0v) is 13.0. The fourth-order valence-corrected chi connectivity index (χ4v) is 4.11. The number of anilines is 1. The molecule has 20 heavy (non-hydrogen) atoms. The van der Waals surface area contributed by atoms with Crippen LogP contribution >= 0.6 is 11.8 Å². The van der Waals surface area contributed by atoms with Gasteiger partial charge >= 0.3 is 0 Å². The molecule has 1 atom stereocenters. The summed E-state index contributed by atoms with van der Waals surface area (Å²) < 4.78 is 0. The average molecular weight is 283 g/mol. The van der Waals surface area contributed by atoms with E-state index in [9.17, 15) is 0 Å². The van der Waals surface area contributed by atoms with Crippen LogP contribution in [0.2, 0.25) is 0 Å². The van der Waals surface area contributed by atoms with E-state index in [1.54, 1.807) is 0 Å². The van der Waals surface area contributed by atoms with Crippen molar-refractivity contribution in [3.05, 3.63) is 59.7 Å². The van der Waals surface area contributed by atoms with Crippen LogP contribution in [0, 0.1) is 6.92 Å². The first-order chi connectivity index (χ1) is 9.76. The van der Waals surface area contributed by atoms with E-state index in [4.69, 9.17) is 0 Å². The zero-order chi connectivity index (χ0) is 13.9. The molecule has 1 unspecified atom stereocenters. The second-order valence-corrected chi connectivity index (χ2v) is 6.77. The normalized spacial score (nSPS) is 17.0. The zero-order valence-electron chi connectivity index (χ0n) is 12.2. The molecular weight excluding hydrogens is 262 g/mol. The third-order valence-electron chi connectivity index (χ3n) is 3.92. The van der Waals surface area contributed by atoms with Gasteiger partial charge in [-0.05, 0) is 44.0 Å². The van der Waals surface area contributed by atoms with Gasteiger partial charge in [0.25, 0.3) is 0 Å². The first-order valence-electron chi connectivity index (χ1n) is 7.32. The quantitative estimate of drug-likeness (QED) is 0.810. The van der Waals surface area contributed by atoms with Crippen molar-refractivity contribution in [3.8, 4) is 0 Å². The first kappa shape index (κ1) is 13.6. The monoisotopic (exact) mass is 283 g/mol.